The molecule has 22 heavy (non-hydrogen) atoms. The van der Waals surface area contributed by atoms with Crippen LogP contribution in [-0.2, 0) is 19.1 Å². The van der Waals surface area contributed by atoms with Crippen molar-refractivity contribution < 1.29 is 22.5 Å². The van der Waals surface area contributed by atoms with E-state index in [-0.39, 0.29) is 18.9 Å². The summed E-state index contributed by atoms with van der Waals surface area (Å²) >= 11 is 0. The van der Waals surface area contributed by atoms with Crippen LogP contribution in [0.25, 0.3) is 0 Å². The van der Waals surface area contributed by atoms with Crippen molar-refractivity contribution in [2.75, 3.05) is 20.0 Å². The predicted molar refractivity (Wildman–Crippen MR) is 85.1 cm³/mol. The number of ether oxygens (including phenoxy) is 1. The van der Waals surface area contributed by atoms with Gasteiger partial charge in [0.2, 0.25) is 0 Å². The van der Waals surface area contributed by atoms with Crippen molar-refractivity contribution in [3.8, 4) is 0 Å². The molecule has 2 unspecified atom stereocenters. The van der Waals surface area contributed by atoms with Crippen LogP contribution < -0.4 is 0 Å². The molecule has 0 amide bonds. The average Bonchev–Trinajstić information content (AvgIpc) is 2.47. The molecule has 6 nitrogen and oxygen atoms in total. The van der Waals surface area contributed by atoms with Crippen molar-refractivity contribution in [2.24, 2.45) is 11.1 Å². The van der Waals surface area contributed by atoms with Crippen LogP contribution in [0.3, 0.4) is 0 Å². The molecule has 0 fully saturated rings. The fraction of sp³-hybridized carbons (Fsp3) is 0.400. The summed E-state index contributed by atoms with van der Waals surface area (Å²) in [6.07, 6.45) is 1.86. The van der Waals surface area contributed by atoms with E-state index in [0.29, 0.717) is 11.3 Å². The van der Waals surface area contributed by atoms with Gasteiger partial charge in [-0.25, -0.2) is 0 Å². The highest BCUT2D eigenvalue weighted by molar-refractivity contribution is 7.85. The van der Waals surface area contributed by atoms with E-state index in [2.05, 4.69) is 16.0 Å². The molecule has 0 bridgehead atoms. The van der Waals surface area contributed by atoms with Crippen molar-refractivity contribution >= 4 is 15.8 Å². The van der Waals surface area contributed by atoms with Gasteiger partial charge in [-0.1, -0.05) is 41.6 Å². The van der Waals surface area contributed by atoms with E-state index in [9.17, 15) is 13.5 Å². The van der Waals surface area contributed by atoms with Crippen molar-refractivity contribution in [3.05, 3.63) is 48.6 Å². The van der Waals surface area contributed by atoms with Crippen LogP contribution in [0, 0.1) is 5.92 Å². The monoisotopic (exact) mass is 327 g/mol. The molecule has 1 aromatic rings. The molecule has 0 radical (unpaired) electrons. The highest BCUT2D eigenvalue weighted by Crippen LogP contribution is 2.18. The second kappa shape index (κ2) is 8.67. The van der Waals surface area contributed by atoms with Gasteiger partial charge < -0.3 is 9.84 Å². The van der Waals surface area contributed by atoms with Gasteiger partial charge in [0.15, 0.2) is 0 Å². The van der Waals surface area contributed by atoms with Crippen molar-refractivity contribution in [3.63, 3.8) is 0 Å². The molecular weight excluding hydrogens is 306 g/mol. The Bertz CT molecular complexity index is 598. The SMILES string of the molecule is C=CC(O)CC(COC)C(=NOS(C)(=O)=O)c1ccccc1. The van der Waals surface area contributed by atoms with Crippen LogP contribution in [0.15, 0.2) is 48.1 Å². The Kier molecular flexibility index (Phi) is 7.23. The Morgan fingerprint density at radius 3 is 2.55 bits per heavy atom. The Labute approximate surface area is 131 Å². The summed E-state index contributed by atoms with van der Waals surface area (Å²) in [5.74, 6) is -0.345. The van der Waals surface area contributed by atoms with Crippen LogP contribution in [0.4, 0.5) is 0 Å². The fourth-order valence-electron chi connectivity index (χ4n) is 1.93. The smallest absolute Gasteiger partial charge is 0.325 e. The normalized spacial score (nSPS) is 15.1. The maximum atomic E-state index is 11.2. The summed E-state index contributed by atoms with van der Waals surface area (Å²) in [5, 5.41) is 13.6. The second-order valence-corrected chi connectivity index (χ2v) is 6.37. The number of oxime groups is 1. The van der Waals surface area contributed by atoms with E-state index in [1.807, 2.05) is 6.07 Å². The zero-order valence-corrected chi connectivity index (χ0v) is 13.5. The minimum Gasteiger partial charge on any atom is -0.389 e. The van der Waals surface area contributed by atoms with Crippen molar-refractivity contribution in [2.45, 2.75) is 12.5 Å². The molecule has 1 rings (SSSR count). The summed E-state index contributed by atoms with van der Waals surface area (Å²) in [7, 11) is -2.20. The minimum absolute atomic E-state index is 0.256. The average molecular weight is 327 g/mol. The van der Waals surface area contributed by atoms with Crippen molar-refractivity contribution in [1.82, 2.24) is 0 Å². The van der Waals surface area contributed by atoms with E-state index >= 15 is 0 Å². The first-order valence-corrected chi connectivity index (χ1v) is 8.50. The molecule has 0 aliphatic rings. The Morgan fingerprint density at radius 2 is 2.05 bits per heavy atom. The standard InChI is InChI=1S/C15H21NO5S/c1-4-14(17)10-13(11-20-2)15(16-21-22(3,18)19)12-8-6-5-7-9-12/h4-9,13-14,17H,1,10-11H2,2-3H3. The quantitative estimate of drug-likeness (QED) is 0.423. The van der Waals surface area contributed by atoms with E-state index in [0.717, 1.165) is 6.26 Å². The summed E-state index contributed by atoms with van der Waals surface area (Å²) in [6, 6.07) is 9.02. The molecule has 0 heterocycles. The highest BCUT2D eigenvalue weighted by Gasteiger charge is 2.22. The lowest BCUT2D eigenvalue weighted by Gasteiger charge is -2.19. The lowest BCUT2D eigenvalue weighted by molar-refractivity contribution is 0.138. The van der Waals surface area contributed by atoms with Gasteiger partial charge in [-0.3, -0.25) is 4.28 Å². The highest BCUT2D eigenvalue weighted by atomic mass is 32.2. The lowest BCUT2D eigenvalue weighted by atomic mass is 9.92. The molecule has 1 N–H and O–H groups in total. The third-order valence-electron chi connectivity index (χ3n) is 2.89. The van der Waals surface area contributed by atoms with E-state index in [4.69, 9.17) is 4.74 Å². The Balaban J connectivity index is 3.17. The molecule has 122 valence electrons. The Morgan fingerprint density at radius 1 is 1.41 bits per heavy atom. The topological polar surface area (TPSA) is 85.2 Å². The van der Waals surface area contributed by atoms with Gasteiger partial charge in [0.1, 0.15) is 0 Å². The number of aliphatic hydroxyl groups excluding tert-OH is 1. The van der Waals surface area contributed by atoms with Gasteiger partial charge in [-0.2, -0.15) is 8.42 Å². The number of aliphatic hydroxyl groups is 1. The number of hydrogen-bond acceptors (Lipinski definition) is 6. The molecule has 1 aromatic carbocycles. The lowest BCUT2D eigenvalue weighted by Crippen LogP contribution is -2.25. The van der Waals surface area contributed by atoms with Crippen LogP contribution in [0.5, 0.6) is 0 Å². The molecule has 0 spiro atoms. The number of hydrogen-bond donors (Lipinski definition) is 1. The summed E-state index contributed by atoms with van der Waals surface area (Å²) < 4.78 is 32.1. The molecule has 0 aromatic heterocycles. The van der Waals surface area contributed by atoms with Gasteiger partial charge >= 0.3 is 10.1 Å². The largest absolute Gasteiger partial charge is 0.389 e. The van der Waals surface area contributed by atoms with E-state index in [1.54, 1.807) is 24.3 Å². The first kappa shape index (κ1) is 18.3. The number of methoxy groups -OCH3 is 1. The fourth-order valence-corrected chi connectivity index (χ4v) is 2.14. The molecule has 0 saturated carbocycles. The van der Waals surface area contributed by atoms with Crippen molar-refractivity contribution in [1.29, 1.82) is 0 Å². The molecule has 7 heteroatoms. The number of nitrogens with zero attached hydrogens (tertiary/aromatic N) is 1. The maximum absolute atomic E-state index is 11.2. The molecule has 0 aliphatic carbocycles. The molecule has 0 saturated heterocycles. The third-order valence-corrected chi connectivity index (χ3v) is 3.24. The first-order valence-electron chi connectivity index (χ1n) is 6.69. The first-order chi connectivity index (χ1) is 10.4. The minimum atomic E-state index is -3.72. The zero-order chi connectivity index (χ0) is 16.6. The van der Waals surface area contributed by atoms with Gasteiger partial charge in [0.25, 0.3) is 0 Å². The van der Waals surface area contributed by atoms with Crippen LogP contribution in [0.1, 0.15) is 12.0 Å². The maximum Gasteiger partial charge on any atom is 0.325 e. The summed E-state index contributed by atoms with van der Waals surface area (Å²) in [6.45, 7) is 3.79. The van der Waals surface area contributed by atoms with Crippen LogP contribution >= 0.6 is 0 Å². The Hall–Kier alpha value is -1.70. The van der Waals surface area contributed by atoms with Gasteiger partial charge in [-0.05, 0) is 12.0 Å². The summed E-state index contributed by atoms with van der Waals surface area (Å²) in [4.78, 5) is 0. The predicted octanol–water partition coefficient (Wildman–Crippen LogP) is 1.57. The van der Waals surface area contributed by atoms with Crippen LogP contribution in [0.2, 0.25) is 0 Å². The van der Waals surface area contributed by atoms with Gasteiger partial charge in [0, 0.05) is 13.0 Å². The molecular formula is C15H21NO5S. The van der Waals surface area contributed by atoms with Gasteiger partial charge in [0.05, 0.1) is 24.7 Å². The van der Waals surface area contributed by atoms with E-state index < -0.39 is 16.2 Å². The van der Waals surface area contributed by atoms with E-state index in [1.165, 1.54) is 13.2 Å². The zero-order valence-electron chi connectivity index (χ0n) is 12.7. The molecule has 0 aliphatic heterocycles. The van der Waals surface area contributed by atoms with Crippen LogP contribution in [-0.4, -0.2) is 45.3 Å². The number of benzene rings is 1. The third kappa shape index (κ3) is 6.38. The second-order valence-electron chi connectivity index (χ2n) is 4.81. The summed E-state index contributed by atoms with van der Waals surface area (Å²) in [5.41, 5.74) is 1.10. The van der Waals surface area contributed by atoms with Gasteiger partial charge in [-0.15, -0.1) is 6.58 Å². The molecule has 2 atom stereocenters. The number of rotatable bonds is 9.